The molecule has 0 spiro atoms. The molecule has 0 N–H and O–H groups in total. The second-order valence-electron chi connectivity index (χ2n) is 2.94. The lowest BCUT2D eigenvalue weighted by atomic mass is 10.0. The Kier molecular flexibility index (Phi) is 3.52. The molecule has 0 heterocycles. The van der Waals surface area contributed by atoms with Gasteiger partial charge in [0.1, 0.15) is 0 Å². The molecule has 0 amide bonds. The predicted octanol–water partition coefficient (Wildman–Crippen LogP) is 3.29. The van der Waals surface area contributed by atoms with Crippen LogP contribution < -0.4 is 0 Å². The third-order valence-electron chi connectivity index (χ3n) is 1.91. The summed E-state index contributed by atoms with van der Waals surface area (Å²) >= 11 is 5.55. The first kappa shape index (κ1) is 11.8. The average Bonchev–Trinajstić information content (AvgIpc) is 2.16. The minimum absolute atomic E-state index is 0.0550. The third-order valence-corrected chi connectivity index (χ3v) is 2.24. The Morgan fingerprint density at radius 1 is 1.47 bits per heavy atom. The van der Waals surface area contributed by atoms with Crippen LogP contribution in [0, 0.1) is 0 Å². The van der Waals surface area contributed by atoms with Crippen molar-refractivity contribution in [3.63, 3.8) is 0 Å². The molecule has 80 valence electrons. The fourth-order valence-corrected chi connectivity index (χ4v) is 1.42. The summed E-state index contributed by atoms with van der Waals surface area (Å²) < 4.78 is 24.8. The van der Waals surface area contributed by atoms with Gasteiger partial charge in [-0.2, -0.15) is 0 Å². The maximum atomic E-state index is 12.4. The van der Waals surface area contributed by atoms with Gasteiger partial charge in [-0.3, -0.25) is 9.59 Å². The lowest BCUT2D eigenvalue weighted by Gasteiger charge is -2.07. The van der Waals surface area contributed by atoms with E-state index in [1.54, 1.807) is 0 Å². The molecule has 1 aromatic carbocycles. The number of aldehydes is 1. The molecule has 0 radical (unpaired) electrons. The van der Waals surface area contributed by atoms with Crippen LogP contribution in [0.2, 0.25) is 5.02 Å². The van der Waals surface area contributed by atoms with Crippen molar-refractivity contribution in [3.8, 4) is 0 Å². The number of rotatable bonds is 3. The van der Waals surface area contributed by atoms with Crippen molar-refractivity contribution in [2.75, 3.05) is 0 Å². The Morgan fingerprint density at radius 2 is 2.07 bits per heavy atom. The maximum absolute atomic E-state index is 12.4. The van der Waals surface area contributed by atoms with Crippen molar-refractivity contribution in [3.05, 3.63) is 33.8 Å². The third kappa shape index (κ3) is 2.39. The van der Waals surface area contributed by atoms with E-state index < -0.39 is 12.0 Å². The van der Waals surface area contributed by atoms with E-state index in [1.165, 1.54) is 6.92 Å². The number of alkyl halides is 2. The summed E-state index contributed by atoms with van der Waals surface area (Å²) in [4.78, 5) is 21.6. The molecular weight excluding hydrogens is 226 g/mol. The molecule has 0 bridgehead atoms. The number of Topliss-reactive ketones (excluding diaryl/α,β-unsaturated/α-hetero) is 1. The van der Waals surface area contributed by atoms with Gasteiger partial charge in [-0.05, 0) is 19.1 Å². The number of carbonyl (C=O) groups is 2. The number of hydrogen-bond donors (Lipinski definition) is 0. The lowest BCUT2D eigenvalue weighted by molar-refractivity contribution is 0.100. The second kappa shape index (κ2) is 4.49. The summed E-state index contributed by atoms with van der Waals surface area (Å²) in [6.45, 7) is 1.24. The highest BCUT2D eigenvalue weighted by atomic mass is 35.5. The SMILES string of the molecule is CC(=O)c1cc(Cl)c(C(F)F)cc1C=O. The van der Waals surface area contributed by atoms with Gasteiger partial charge >= 0.3 is 0 Å². The van der Waals surface area contributed by atoms with Crippen molar-refractivity contribution in [2.45, 2.75) is 13.3 Å². The van der Waals surface area contributed by atoms with Crippen molar-refractivity contribution in [1.82, 2.24) is 0 Å². The average molecular weight is 233 g/mol. The van der Waals surface area contributed by atoms with Crippen LogP contribution in [0.25, 0.3) is 0 Å². The molecular formula is C10H7ClF2O2. The molecule has 0 unspecified atom stereocenters. The first-order valence-corrected chi connectivity index (χ1v) is 4.43. The van der Waals surface area contributed by atoms with Gasteiger partial charge in [0, 0.05) is 16.7 Å². The molecule has 0 atom stereocenters. The minimum Gasteiger partial charge on any atom is -0.298 e. The van der Waals surface area contributed by atoms with Crippen LogP contribution in [0.4, 0.5) is 8.78 Å². The highest BCUT2D eigenvalue weighted by Gasteiger charge is 2.17. The van der Waals surface area contributed by atoms with Gasteiger partial charge in [0.15, 0.2) is 12.1 Å². The summed E-state index contributed by atoms with van der Waals surface area (Å²) in [6.07, 6.45) is -2.41. The monoisotopic (exact) mass is 232 g/mol. The molecule has 1 rings (SSSR count). The van der Waals surface area contributed by atoms with Gasteiger partial charge in [-0.25, -0.2) is 8.78 Å². The standard InChI is InChI=1S/C10H7ClF2O2/c1-5(15)7-3-9(11)8(10(12)13)2-6(7)4-14/h2-4,10H,1H3. The Labute approximate surface area is 89.8 Å². The fraction of sp³-hybridized carbons (Fsp3) is 0.200. The van der Waals surface area contributed by atoms with E-state index >= 15 is 0 Å². The van der Waals surface area contributed by atoms with Crippen molar-refractivity contribution >= 4 is 23.7 Å². The summed E-state index contributed by atoms with van der Waals surface area (Å²) in [6, 6.07) is 2.03. The Bertz CT molecular complexity index is 416. The zero-order chi connectivity index (χ0) is 11.6. The lowest BCUT2D eigenvalue weighted by Crippen LogP contribution is -2.01. The molecule has 0 fully saturated rings. The van der Waals surface area contributed by atoms with E-state index in [4.69, 9.17) is 11.6 Å². The van der Waals surface area contributed by atoms with Crippen molar-refractivity contribution < 1.29 is 18.4 Å². The first-order chi connectivity index (χ1) is 6.97. The summed E-state index contributed by atoms with van der Waals surface area (Å²) in [5, 5.41) is -0.208. The van der Waals surface area contributed by atoms with E-state index in [1.807, 2.05) is 0 Å². The van der Waals surface area contributed by atoms with Gasteiger partial charge in [0.2, 0.25) is 0 Å². The number of halogens is 3. The number of benzene rings is 1. The van der Waals surface area contributed by atoms with Crippen LogP contribution in [0.1, 0.15) is 39.6 Å². The van der Waals surface area contributed by atoms with Gasteiger partial charge in [-0.1, -0.05) is 11.6 Å². The molecule has 5 heteroatoms. The molecule has 1 aromatic rings. The van der Waals surface area contributed by atoms with Crippen LogP contribution in [0.5, 0.6) is 0 Å². The van der Waals surface area contributed by atoms with E-state index in [0.717, 1.165) is 12.1 Å². The fourth-order valence-electron chi connectivity index (χ4n) is 1.18. The minimum atomic E-state index is -2.77. The van der Waals surface area contributed by atoms with Crippen LogP contribution in [0.15, 0.2) is 12.1 Å². The number of hydrogen-bond acceptors (Lipinski definition) is 2. The van der Waals surface area contributed by atoms with Crippen molar-refractivity contribution in [2.24, 2.45) is 0 Å². The molecule has 0 aliphatic heterocycles. The smallest absolute Gasteiger partial charge is 0.265 e. The van der Waals surface area contributed by atoms with Crippen LogP contribution in [0.3, 0.4) is 0 Å². The largest absolute Gasteiger partial charge is 0.298 e. The first-order valence-electron chi connectivity index (χ1n) is 4.05. The van der Waals surface area contributed by atoms with E-state index in [0.29, 0.717) is 6.29 Å². The molecule has 0 saturated carbocycles. The second-order valence-corrected chi connectivity index (χ2v) is 3.34. The topological polar surface area (TPSA) is 34.1 Å². The zero-order valence-electron chi connectivity index (χ0n) is 7.76. The van der Waals surface area contributed by atoms with Crippen LogP contribution in [-0.2, 0) is 0 Å². The van der Waals surface area contributed by atoms with Crippen LogP contribution in [-0.4, -0.2) is 12.1 Å². The summed E-state index contributed by atoms with van der Waals surface area (Å²) in [5.74, 6) is -0.389. The van der Waals surface area contributed by atoms with E-state index in [9.17, 15) is 18.4 Å². The Morgan fingerprint density at radius 3 is 2.47 bits per heavy atom. The highest BCUT2D eigenvalue weighted by molar-refractivity contribution is 6.32. The Hall–Kier alpha value is -1.29. The molecule has 0 aromatic heterocycles. The zero-order valence-corrected chi connectivity index (χ0v) is 8.52. The van der Waals surface area contributed by atoms with E-state index in [-0.39, 0.29) is 21.9 Å². The molecule has 0 aliphatic rings. The highest BCUT2D eigenvalue weighted by Crippen LogP contribution is 2.29. The molecule has 0 aliphatic carbocycles. The van der Waals surface area contributed by atoms with E-state index in [2.05, 4.69) is 0 Å². The predicted molar refractivity (Wildman–Crippen MR) is 51.8 cm³/mol. The van der Waals surface area contributed by atoms with Gasteiger partial charge in [0.25, 0.3) is 6.43 Å². The number of carbonyl (C=O) groups excluding carboxylic acids is 2. The quantitative estimate of drug-likeness (QED) is 0.592. The molecule has 2 nitrogen and oxygen atoms in total. The summed E-state index contributed by atoms with van der Waals surface area (Å²) in [7, 11) is 0. The molecule has 15 heavy (non-hydrogen) atoms. The Balaban J connectivity index is 3.42. The normalized spacial score (nSPS) is 10.5. The van der Waals surface area contributed by atoms with Gasteiger partial charge in [0.05, 0.1) is 5.02 Å². The maximum Gasteiger partial charge on any atom is 0.265 e. The van der Waals surface area contributed by atoms with Crippen molar-refractivity contribution in [1.29, 1.82) is 0 Å². The molecule has 0 saturated heterocycles. The van der Waals surface area contributed by atoms with Crippen LogP contribution >= 0.6 is 11.6 Å². The van der Waals surface area contributed by atoms with Gasteiger partial charge in [-0.15, -0.1) is 0 Å². The summed E-state index contributed by atoms with van der Waals surface area (Å²) in [5.41, 5.74) is -0.453. The number of ketones is 1. The van der Waals surface area contributed by atoms with Gasteiger partial charge < -0.3 is 0 Å².